The zero-order valence-electron chi connectivity index (χ0n) is 14.7. The van der Waals surface area contributed by atoms with Gasteiger partial charge >= 0.3 is 5.97 Å². The number of furan rings is 1. The van der Waals surface area contributed by atoms with Gasteiger partial charge in [0.2, 0.25) is 0 Å². The Balaban J connectivity index is 1.69. The third-order valence-corrected chi connectivity index (χ3v) is 4.78. The topological polar surface area (TPSA) is 77.1 Å². The van der Waals surface area contributed by atoms with Gasteiger partial charge in [-0.1, -0.05) is 12.1 Å². The summed E-state index contributed by atoms with van der Waals surface area (Å²) in [6.45, 7) is 3.78. The van der Waals surface area contributed by atoms with E-state index < -0.39 is 12.1 Å². The quantitative estimate of drug-likeness (QED) is 0.702. The monoisotopic (exact) mass is 358 g/mol. The van der Waals surface area contributed by atoms with E-state index in [0.717, 1.165) is 29.6 Å². The molecule has 1 aliphatic rings. The maximum absolute atomic E-state index is 12.2. The van der Waals surface area contributed by atoms with Crippen LogP contribution in [-0.2, 0) is 16.0 Å². The largest absolute Gasteiger partial charge is 0.464 e. The number of β-amino-alcohol motifs (C(OH)–C–C–N with tert-alkyl or cyclic N) is 1. The average Bonchev–Trinajstić information content (AvgIpc) is 3.18. The number of fused-ring (bicyclic) bond motifs is 3. The smallest absolute Gasteiger partial charge is 0.354 e. The molecule has 0 saturated carbocycles. The second-order valence-corrected chi connectivity index (χ2v) is 6.51. The van der Waals surface area contributed by atoms with Crippen molar-refractivity contribution in [3.8, 4) is 0 Å². The van der Waals surface area contributed by atoms with Crippen molar-refractivity contribution in [1.29, 1.82) is 0 Å². The lowest BCUT2D eigenvalue weighted by Crippen LogP contribution is -2.42. The second-order valence-electron chi connectivity index (χ2n) is 6.51. The summed E-state index contributed by atoms with van der Waals surface area (Å²) in [5.74, 6) is -0.445. The Labute approximate surface area is 150 Å². The van der Waals surface area contributed by atoms with Gasteiger partial charge in [0.05, 0.1) is 38.5 Å². The summed E-state index contributed by atoms with van der Waals surface area (Å²) in [6.07, 6.45) is -0.624. The van der Waals surface area contributed by atoms with Crippen molar-refractivity contribution in [2.24, 2.45) is 0 Å². The van der Waals surface area contributed by atoms with Gasteiger partial charge in [-0.05, 0) is 12.1 Å². The summed E-state index contributed by atoms with van der Waals surface area (Å²) in [5, 5.41) is 11.5. The lowest BCUT2D eigenvalue weighted by molar-refractivity contribution is 0.0115. The van der Waals surface area contributed by atoms with E-state index in [-0.39, 0.29) is 6.54 Å². The van der Waals surface area contributed by atoms with E-state index in [4.69, 9.17) is 13.9 Å². The molecule has 1 N–H and O–H groups in total. The van der Waals surface area contributed by atoms with Gasteiger partial charge in [-0.25, -0.2) is 4.79 Å². The standard InChI is InChI=1S/C19H22N2O5/c1-24-19(23)15-10-17-18(14-4-2-3-5-16(14)26-17)21(15)12-13(22)11-20-6-8-25-9-7-20/h2-5,10,13,22H,6-9,11-12H2,1H3/t13-/m1/s1. The summed E-state index contributed by atoms with van der Waals surface area (Å²) < 4.78 is 17.9. The molecule has 7 nitrogen and oxygen atoms in total. The number of aromatic nitrogens is 1. The number of carbonyl (C=O) groups excluding carboxylic acids is 1. The van der Waals surface area contributed by atoms with Crippen LogP contribution in [0.1, 0.15) is 10.5 Å². The van der Waals surface area contributed by atoms with Crippen LogP contribution in [-0.4, -0.2) is 66.6 Å². The highest BCUT2D eigenvalue weighted by molar-refractivity contribution is 6.06. The van der Waals surface area contributed by atoms with E-state index in [2.05, 4.69) is 4.90 Å². The van der Waals surface area contributed by atoms with Crippen LogP contribution in [0, 0.1) is 0 Å². The first-order valence-corrected chi connectivity index (χ1v) is 8.74. The van der Waals surface area contributed by atoms with Crippen molar-refractivity contribution in [3.63, 3.8) is 0 Å². The van der Waals surface area contributed by atoms with E-state index in [1.165, 1.54) is 7.11 Å². The molecule has 2 aromatic heterocycles. The molecule has 1 saturated heterocycles. The van der Waals surface area contributed by atoms with Crippen molar-refractivity contribution in [2.75, 3.05) is 40.0 Å². The predicted octanol–water partition coefficient (Wildman–Crippen LogP) is 1.87. The Morgan fingerprint density at radius 1 is 1.23 bits per heavy atom. The number of morpholine rings is 1. The lowest BCUT2D eigenvalue weighted by atomic mass is 10.2. The normalized spacial score (nSPS) is 17.0. The van der Waals surface area contributed by atoms with Gasteiger partial charge in [0, 0.05) is 31.1 Å². The number of methoxy groups -OCH3 is 1. The molecule has 1 atom stereocenters. The van der Waals surface area contributed by atoms with Crippen molar-refractivity contribution in [1.82, 2.24) is 9.47 Å². The number of rotatable bonds is 5. The number of aliphatic hydroxyl groups is 1. The lowest BCUT2D eigenvalue weighted by Gasteiger charge is -2.28. The fourth-order valence-electron chi connectivity index (χ4n) is 3.56. The van der Waals surface area contributed by atoms with Gasteiger partial charge in [-0.3, -0.25) is 4.90 Å². The molecule has 0 unspecified atom stereocenters. The number of carbonyl (C=O) groups is 1. The second kappa shape index (κ2) is 7.11. The van der Waals surface area contributed by atoms with Gasteiger partial charge in [0.15, 0.2) is 5.58 Å². The van der Waals surface area contributed by atoms with Crippen LogP contribution in [0.25, 0.3) is 22.1 Å². The first-order valence-electron chi connectivity index (χ1n) is 8.74. The van der Waals surface area contributed by atoms with E-state index in [9.17, 15) is 9.90 Å². The van der Waals surface area contributed by atoms with E-state index in [1.54, 1.807) is 10.6 Å². The molecule has 1 aliphatic heterocycles. The molecule has 138 valence electrons. The minimum absolute atomic E-state index is 0.287. The number of ether oxygens (including phenoxy) is 2. The fourth-order valence-corrected chi connectivity index (χ4v) is 3.56. The van der Waals surface area contributed by atoms with Crippen LogP contribution in [0.5, 0.6) is 0 Å². The fraction of sp³-hybridized carbons (Fsp3) is 0.421. The first kappa shape index (κ1) is 17.1. The Bertz CT molecular complexity index is 923. The Morgan fingerprint density at radius 3 is 2.77 bits per heavy atom. The first-order chi connectivity index (χ1) is 12.7. The molecule has 0 radical (unpaired) electrons. The molecule has 0 aliphatic carbocycles. The third kappa shape index (κ3) is 3.09. The van der Waals surface area contributed by atoms with Gasteiger partial charge in [0.1, 0.15) is 11.3 Å². The molecule has 4 rings (SSSR count). The van der Waals surface area contributed by atoms with Crippen LogP contribution in [0.2, 0.25) is 0 Å². The molecule has 3 heterocycles. The predicted molar refractivity (Wildman–Crippen MR) is 96.3 cm³/mol. The number of hydrogen-bond donors (Lipinski definition) is 1. The molecule has 3 aromatic rings. The Morgan fingerprint density at radius 2 is 2.00 bits per heavy atom. The number of para-hydroxylation sites is 1. The van der Waals surface area contributed by atoms with Crippen molar-refractivity contribution < 1.29 is 23.8 Å². The SMILES string of the molecule is COC(=O)c1cc2oc3ccccc3c2n1C[C@H](O)CN1CCOCC1. The van der Waals surface area contributed by atoms with Crippen molar-refractivity contribution >= 4 is 28.0 Å². The highest BCUT2D eigenvalue weighted by atomic mass is 16.5. The molecular formula is C19H22N2O5. The minimum atomic E-state index is -0.624. The molecule has 0 bridgehead atoms. The third-order valence-electron chi connectivity index (χ3n) is 4.78. The Kier molecular flexibility index (Phi) is 4.67. The van der Waals surface area contributed by atoms with Crippen LogP contribution in [0.3, 0.4) is 0 Å². The number of benzene rings is 1. The van der Waals surface area contributed by atoms with Crippen LogP contribution >= 0.6 is 0 Å². The zero-order valence-corrected chi connectivity index (χ0v) is 14.7. The highest BCUT2D eigenvalue weighted by Crippen LogP contribution is 2.32. The van der Waals surface area contributed by atoms with Crippen LogP contribution in [0.4, 0.5) is 0 Å². The molecular weight excluding hydrogens is 336 g/mol. The highest BCUT2D eigenvalue weighted by Gasteiger charge is 2.23. The van der Waals surface area contributed by atoms with Gasteiger partial charge < -0.3 is 23.6 Å². The summed E-state index contributed by atoms with van der Waals surface area (Å²) in [7, 11) is 1.35. The van der Waals surface area contributed by atoms with E-state index >= 15 is 0 Å². The summed E-state index contributed by atoms with van der Waals surface area (Å²) in [6, 6.07) is 9.36. The van der Waals surface area contributed by atoms with E-state index in [0.29, 0.717) is 31.0 Å². The zero-order chi connectivity index (χ0) is 18.1. The summed E-state index contributed by atoms with van der Waals surface area (Å²) >= 11 is 0. The molecule has 0 amide bonds. The molecule has 1 fully saturated rings. The van der Waals surface area contributed by atoms with Crippen LogP contribution in [0.15, 0.2) is 34.7 Å². The van der Waals surface area contributed by atoms with Crippen molar-refractivity contribution in [2.45, 2.75) is 12.6 Å². The number of hydrogen-bond acceptors (Lipinski definition) is 6. The molecule has 0 spiro atoms. The molecule has 26 heavy (non-hydrogen) atoms. The van der Waals surface area contributed by atoms with Crippen molar-refractivity contribution in [3.05, 3.63) is 36.0 Å². The number of esters is 1. The molecule has 7 heteroatoms. The van der Waals surface area contributed by atoms with Gasteiger partial charge in [0.25, 0.3) is 0 Å². The maximum atomic E-state index is 12.2. The van der Waals surface area contributed by atoms with Crippen LogP contribution < -0.4 is 0 Å². The summed E-state index contributed by atoms with van der Waals surface area (Å²) in [5.41, 5.74) is 2.56. The average molecular weight is 358 g/mol. The molecule has 1 aromatic carbocycles. The maximum Gasteiger partial charge on any atom is 0.354 e. The van der Waals surface area contributed by atoms with Gasteiger partial charge in [-0.15, -0.1) is 0 Å². The summed E-state index contributed by atoms with van der Waals surface area (Å²) in [4.78, 5) is 14.4. The number of aliphatic hydroxyl groups excluding tert-OH is 1. The van der Waals surface area contributed by atoms with Gasteiger partial charge in [-0.2, -0.15) is 0 Å². The minimum Gasteiger partial charge on any atom is -0.464 e. The number of nitrogens with zero attached hydrogens (tertiary/aromatic N) is 2. The Hall–Kier alpha value is -2.35. The van der Waals surface area contributed by atoms with E-state index in [1.807, 2.05) is 24.3 Å².